The second kappa shape index (κ2) is 7.20. The van der Waals surface area contributed by atoms with Crippen LogP contribution in [-0.2, 0) is 0 Å². The number of hydrogen-bond acceptors (Lipinski definition) is 5. The van der Waals surface area contributed by atoms with Gasteiger partial charge in [0.1, 0.15) is 0 Å². The molecule has 0 radical (unpaired) electrons. The van der Waals surface area contributed by atoms with Gasteiger partial charge < -0.3 is 10.2 Å². The number of nitrogens with zero attached hydrogens (tertiary/aromatic N) is 4. The molecule has 0 spiro atoms. The van der Waals surface area contributed by atoms with Gasteiger partial charge >= 0.3 is 0 Å². The molecule has 0 saturated carbocycles. The number of unbranched alkanes of at least 4 members (excludes halogenated alkanes) is 1. The summed E-state index contributed by atoms with van der Waals surface area (Å²) in [6.45, 7) is 9.43. The molecular weight excluding hydrogens is 274 g/mol. The molecule has 0 amide bonds. The molecule has 22 heavy (non-hydrogen) atoms. The van der Waals surface area contributed by atoms with E-state index in [1.807, 2.05) is 7.05 Å². The van der Waals surface area contributed by atoms with Crippen LogP contribution in [0.15, 0.2) is 18.3 Å². The lowest BCUT2D eigenvalue weighted by atomic mass is 10.1. The van der Waals surface area contributed by atoms with Crippen LogP contribution in [0.2, 0.25) is 0 Å². The molecule has 2 aromatic rings. The lowest BCUT2D eigenvalue weighted by molar-refractivity contribution is 0.754. The Labute approximate surface area is 132 Å². The van der Waals surface area contributed by atoms with E-state index in [0.29, 0.717) is 5.95 Å². The van der Waals surface area contributed by atoms with E-state index in [-0.39, 0.29) is 0 Å². The SMILES string of the molecule is CCCCN(C)c1cnnc(Nc2c(C)cc(C)cc2C)n1. The van der Waals surface area contributed by atoms with E-state index in [1.165, 1.54) is 16.7 Å². The highest BCUT2D eigenvalue weighted by Gasteiger charge is 2.09. The zero-order chi connectivity index (χ0) is 16.1. The number of benzene rings is 1. The second-order valence-electron chi connectivity index (χ2n) is 5.81. The Morgan fingerprint density at radius 2 is 1.82 bits per heavy atom. The van der Waals surface area contributed by atoms with Crippen molar-refractivity contribution in [3.05, 3.63) is 35.0 Å². The first-order valence-corrected chi connectivity index (χ1v) is 7.77. The van der Waals surface area contributed by atoms with Crippen molar-refractivity contribution in [1.82, 2.24) is 15.2 Å². The summed E-state index contributed by atoms with van der Waals surface area (Å²) in [5.74, 6) is 1.38. The highest BCUT2D eigenvalue weighted by atomic mass is 15.3. The first-order valence-electron chi connectivity index (χ1n) is 7.77. The van der Waals surface area contributed by atoms with Crippen LogP contribution in [0.3, 0.4) is 0 Å². The number of anilines is 3. The molecule has 2 rings (SSSR count). The quantitative estimate of drug-likeness (QED) is 0.879. The van der Waals surface area contributed by atoms with Gasteiger partial charge in [0, 0.05) is 19.3 Å². The molecule has 0 aliphatic rings. The predicted molar refractivity (Wildman–Crippen MR) is 91.9 cm³/mol. The molecule has 1 aromatic carbocycles. The summed E-state index contributed by atoms with van der Waals surface area (Å²) < 4.78 is 0. The molecule has 1 aromatic heterocycles. The van der Waals surface area contributed by atoms with E-state index >= 15 is 0 Å². The first-order chi connectivity index (χ1) is 10.5. The largest absolute Gasteiger partial charge is 0.358 e. The third-order valence-corrected chi connectivity index (χ3v) is 3.70. The van der Waals surface area contributed by atoms with Gasteiger partial charge in [-0.2, -0.15) is 10.1 Å². The first kappa shape index (κ1) is 16.2. The Kier molecular flexibility index (Phi) is 5.31. The van der Waals surface area contributed by atoms with Gasteiger partial charge in [0.2, 0.25) is 5.95 Å². The number of aromatic nitrogens is 3. The smallest absolute Gasteiger partial charge is 0.249 e. The van der Waals surface area contributed by atoms with Crippen LogP contribution >= 0.6 is 0 Å². The summed E-state index contributed by atoms with van der Waals surface area (Å²) in [7, 11) is 2.03. The highest BCUT2D eigenvalue weighted by molar-refractivity contribution is 5.64. The minimum atomic E-state index is 0.538. The Hall–Kier alpha value is -2.17. The molecule has 1 heterocycles. The highest BCUT2D eigenvalue weighted by Crippen LogP contribution is 2.24. The Bertz CT molecular complexity index is 616. The van der Waals surface area contributed by atoms with Crippen molar-refractivity contribution in [3.8, 4) is 0 Å². The average Bonchev–Trinajstić information content (AvgIpc) is 2.48. The summed E-state index contributed by atoms with van der Waals surface area (Å²) in [6, 6.07) is 4.31. The number of hydrogen-bond donors (Lipinski definition) is 1. The third kappa shape index (κ3) is 3.93. The molecule has 0 unspecified atom stereocenters. The van der Waals surface area contributed by atoms with E-state index in [0.717, 1.165) is 30.9 Å². The molecule has 5 nitrogen and oxygen atoms in total. The van der Waals surface area contributed by atoms with Crippen LogP contribution in [0.5, 0.6) is 0 Å². The lowest BCUT2D eigenvalue weighted by Crippen LogP contribution is -2.20. The van der Waals surface area contributed by atoms with Gasteiger partial charge in [-0.1, -0.05) is 31.0 Å². The molecular formula is C17H25N5. The van der Waals surface area contributed by atoms with E-state index in [4.69, 9.17) is 0 Å². The summed E-state index contributed by atoms with van der Waals surface area (Å²) >= 11 is 0. The topological polar surface area (TPSA) is 53.9 Å². The normalized spacial score (nSPS) is 10.6. The number of nitrogens with one attached hydrogen (secondary N) is 1. The van der Waals surface area contributed by atoms with Crippen molar-refractivity contribution in [3.63, 3.8) is 0 Å². The van der Waals surface area contributed by atoms with Crippen molar-refractivity contribution in [1.29, 1.82) is 0 Å². The van der Waals surface area contributed by atoms with E-state index < -0.39 is 0 Å². The van der Waals surface area contributed by atoms with Gasteiger partial charge in [0.15, 0.2) is 5.82 Å². The molecule has 0 aliphatic carbocycles. The monoisotopic (exact) mass is 299 g/mol. The van der Waals surface area contributed by atoms with Crippen molar-refractivity contribution in [2.75, 3.05) is 23.8 Å². The molecule has 118 valence electrons. The van der Waals surface area contributed by atoms with Crippen molar-refractivity contribution in [2.45, 2.75) is 40.5 Å². The standard InChI is InChI=1S/C17H25N5/c1-6-7-8-22(5)15-11-18-21-17(19-15)20-16-13(3)9-12(2)10-14(16)4/h9-11H,6-8H2,1-5H3,(H,19,20,21). The minimum Gasteiger partial charge on any atom is -0.358 e. The van der Waals surface area contributed by atoms with Gasteiger partial charge in [0.05, 0.1) is 6.20 Å². The lowest BCUT2D eigenvalue weighted by Gasteiger charge is -2.18. The molecule has 0 aliphatic heterocycles. The predicted octanol–water partition coefficient (Wildman–Crippen LogP) is 3.78. The van der Waals surface area contributed by atoms with Crippen molar-refractivity contribution < 1.29 is 0 Å². The second-order valence-corrected chi connectivity index (χ2v) is 5.81. The number of aryl methyl sites for hydroxylation is 3. The van der Waals surface area contributed by atoms with Crippen LogP contribution in [-0.4, -0.2) is 28.8 Å². The van der Waals surface area contributed by atoms with Gasteiger partial charge in [-0.25, -0.2) is 0 Å². The van der Waals surface area contributed by atoms with Crippen LogP contribution < -0.4 is 10.2 Å². The molecule has 0 bridgehead atoms. The maximum absolute atomic E-state index is 4.57. The van der Waals surface area contributed by atoms with E-state index in [2.05, 4.69) is 65.2 Å². The van der Waals surface area contributed by atoms with Gasteiger partial charge in [0.25, 0.3) is 0 Å². The van der Waals surface area contributed by atoms with Crippen LogP contribution in [0.1, 0.15) is 36.5 Å². The summed E-state index contributed by atoms with van der Waals surface area (Å²) in [5.41, 5.74) is 4.69. The average molecular weight is 299 g/mol. The molecule has 0 atom stereocenters. The third-order valence-electron chi connectivity index (χ3n) is 3.70. The Balaban J connectivity index is 2.21. The number of rotatable bonds is 6. The molecule has 0 saturated heterocycles. The maximum Gasteiger partial charge on any atom is 0.249 e. The summed E-state index contributed by atoms with van der Waals surface area (Å²) in [4.78, 5) is 6.68. The fourth-order valence-corrected chi connectivity index (χ4v) is 2.53. The Morgan fingerprint density at radius 1 is 1.14 bits per heavy atom. The van der Waals surface area contributed by atoms with Gasteiger partial charge in [-0.05, 0) is 38.3 Å². The van der Waals surface area contributed by atoms with Crippen molar-refractivity contribution in [2.24, 2.45) is 0 Å². The van der Waals surface area contributed by atoms with E-state index in [1.54, 1.807) is 6.20 Å². The maximum atomic E-state index is 4.57. The Morgan fingerprint density at radius 3 is 2.45 bits per heavy atom. The fraction of sp³-hybridized carbons (Fsp3) is 0.471. The fourth-order valence-electron chi connectivity index (χ4n) is 2.53. The van der Waals surface area contributed by atoms with Gasteiger partial charge in [-0.3, -0.25) is 0 Å². The molecule has 1 N–H and O–H groups in total. The summed E-state index contributed by atoms with van der Waals surface area (Å²) in [6.07, 6.45) is 4.00. The van der Waals surface area contributed by atoms with Crippen LogP contribution in [0.25, 0.3) is 0 Å². The van der Waals surface area contributed by atoms with Crippen LogP contribution in [0.4, 0.5) is 17.5 Å². The van der Waals surface area contributed by atoms with Gasteiger partial charge in [-0.15, -0.1) is 5.10 Å². The molecule has 0 fully saturated rings. The molecule has 5 heteroatoms. The van der Waals surface area contributed by atoms with E-state index in [9.17, 15) is 0 Å². The van der Waals surface area contributed by atoms with Crippen LogP contribution in [0, 0.1) is 20.8 Å². The zero-order valence-corrected chi connectivity index (χ0v) is 14.1. The zero-order valence-electron chi connectivity index (χ0n) is 14.1. The van der Waals surface area contributed by atoms with Crippen molar-refractivity contribution >= 4 is 17.5 Å². The summed E-state index contributed by atoms with van der Waals surface area (Å²) in [5, 5.41) is 11.5. The minimum absolute atomic E-state index is 0.538.